The zero-order valence-corrected chi connectivity index (χ0v) is 18.3. The highest BCUT2D eigenvalue weighted by atomic mass is 35.5. The number of benzene rings is 1. The molecule has 0 aliphatic carbocycles. The molecule has 0 unspecified atom stereocenters. The van der Waals surface area contributed by atoms with Crippen molar-refractivity contribution in [2.24, 2.45) is 0 Å². The molecule has 1 aliphatic rings. The second-order valence-corrected chi connectivity index (χ2v) is 8.32. The number of ether oxygens (including phenoxy) is 1. The molecule has 2 atom stereocenters. The van der Waals surface area contributed by atoms with Gasteiger partial charge in [0, 0.05) is 47.3 Å². The number of fused-ring (bicyclic) bond motifs is 1. The summed E-state index contributed by atoms with van der Waals surface area (Å²) in [5.41, 5.74) is 3.27. The van der Waals surface area contributed by atoms with Crippen molar-refractivity contribution in [2.75, 3.05) is 6.61 Å². The van der Waals surface area contributed by atoms with E-state index in [9.17, 15) is 4.39 Å². The van der Waals surface area contributed by atoms with Gasteiger partial charge in [0.15, 0.2) is 5.65 Å². The second-order valence-electron chi connectivity index (χ2n) is 7.88. The van der Waals surface area contributed by atoms with Gasteiger partial charge in [0.2, 0.25) is 0 Å². The molecule has 1 fully saturated rings. The molecule has 3 aromatic heterocycles. The number of halogens is 2. The van der Waals surface area contributed by atoms with Crippen molar-refractivity contribution in [3.63, 3.8) is 0 Å². The maximum Gasteiger partial charge on any atom is 0.182 e. The van der Waals surface area contributed by atoms with E-state index >= 15 is 0 Å². The Morgan fingerprint density at radius 2 is 1.84 bits per heavy atom. The van der Waals surface area contributed by atoms with Gasteiger partial charge < -0.3 is 4.74 Å². The highest BCUT2D eigenvalue weighted by molar-refractivity contribution is 6.30. The lowest BCUT2D eigenvalue weighted by Gasteiger charge is -2.29. The number of aromatic nitrogens is 6. The number of rotatable bonds is 3. The molecule has 7 nitrogen and oxygen atoms in total. The third kappa shape index (κ3) is 4.03. The molecule has 4 heterocycles. The van der Waals surface area contributed by atoms with Crippen LogP contribution < -0.4 is 0 Å². The molecule has 1 saturated heterocycles. The summed E-state index contributed by atoms with van der Waals surface area (Å²) in [6.07, 6.45) is 6.47. The molecular formula is C23H20ClFN6O. The lowest BCUT2D eigenvalue weighted by atomic mass is 9.92. The molecule has 0 radical (unpaired) electrons. The molecule has 1 aliphatic heterocycles. The fraction of sp³-hybridized carbons (Fsp3) is 0.304. The average molecular weight is 451 g/mol. The molecule has 4 aromatic rings. The topological polar surface area (TPSA) is 86.6 Å². The van der Waals surface area contributed by atoms with Crippen molar-refractivity contribution in [1.29, 1.82) is 0 Å². The van der Waals surface area contributed by atoms with E-state index in [0.717, 1.165) is 17.7 Å². The molecule has 1 aromatic carbocycles. The van der Waals surface area contributed by atoms with Gasteiger partial charge >= 0.3 is 0 Å². The van der Waals surface area contributed by atoms with E-state index in [-0.39, 0.29) is 12.0 Å². The summed E-state index contributed by atoms with van der Waals surface area (Å²) in [6, 6.07) is 4.52. The van der Waals surface area contributed by atoms with E-state index in [1.807, 2.05) is 13.8 Å². The third-order valence-electron chi connectivity index (χ3n) is 5.55. The van der Waals surface area contributed by atoms with Crippen molar-refractivity contribution in [3.8, 4) is 11.3 Å². The summed E-state index contributed by atoms with van der Waals surface area (Å²) >= 11 is 5.96. The normalized spacial score (nSPS) is 18.8. The second kappa shape index (κ2) is 8.44. The Balaban J connectivity index is 1.58. The van der Waals surface area contributed by atoms with Crippen molar-refractivity contribution in [2.45, 2.75) is 38.7 Å². The van der Waals surface area contributed by atoms with E-state index in [1.165, 1.54) is 6.07 Å². The molecule has 162 valence electrons. The predicted molar refractivity (Wildman–Crippen MR) is 118 cm³/mol. The number of aryl methyl sites for hydroxylation is 2. The lowest BCUT2D eigenvalue weighted by molar-refractivity contribution is 0.00360. The van der Waals surface area contributed by atoms with Gasteiger partial charge in [-0.15, -0.1) is 0 Å². The smallest absolute Gasteiger partial charge is 0.182 e. The minimum absolute atomic E-state index is 0.0101. The van der Waals surface area contributed by atoms with Crippen molar-refractivity contribution >= 4 is 22.8 Å². The van der Waals surface area contributed by atoms with E-state index in [1.54, 1.807) is 30.7 Å². The monoisotopic (exact) mass is 450 g/mol. The van der Waals surface area contributed by atoms with Crippen LogP contribution in [-0.4, -0.2) is 36.5 Å². The standard InChI is InChI=1S/C23H20ClFN6O/c1-12-9-28-21-20(17-4-3-16(24)8-18(17)25)30-22(31-23(21)29-12)14-5-6-32-19(7-14)15-10-26-13(2)27-11-15/h3-4,8-11,14,19H,5-7H2,1-2H3/t14-,19+/m0/s1. The van der Waals surface area contributed by atoms with E-state index < -0.39 is 5.82 Å². The van der Waals surface area contributed by atoms with Gasteiger partial charge in [0.25, 0.3) is 0 Å². The first-order chi connectivity index (χ1) is 15.5. The van der Waals surface area contributed by atoms with Crippen LogP contribution in [0.1, 0.15) is 47.8 Å². The van der Waals surface area contributed by atoms with Crippen LogP contribution >= 0.6 is 11.6 Å². The first kappa shape index (κ1) is 20.8. The zero-order valence-electron chi connectivity index (χ0n) is 17.6. The lowest BCUT2D eigenvalue weighted by Crippen LogP contribution is -2.21. The highest BCUT2D eigenvalue weighted by Crippen LogP contribution is 2.37. The third-order valence-corrected chi connectivity index (χ3v) is 5.79. The van der Waals surface area contributed by atoms with Gasteiger partial charge in [-0.1, -0.05) is 11.6 Å². The number of hydrogen-bond donors (Lipinski definition) is 0. The van der Waals surface area contributed by atoms with E-state index in [2.05, 4.69) is 19.9 Å². The Labute approximate surface area is 189 Å². The molecule has 0 N–H and O–H groups in total. The molecule has 9 heteroatoms. The summed E-state index contributed by atoms with van der Waals surface area (Å²) in [7, 11) is 0. The number of nitrogens with zero attached hydrogens (tertiary/aromatic N) is 6. The van der Waals surface area contributed by atoms with Gasteiger partial charge in [0.1, 0.15) is 28.7 Å². The SMILES string of the molecule is Cc1cnc2c(-c3ccc(Cl)cc3F)nc([C@H]3CCO[C@@H](c4cnc(C)nc4)C3)nc2n1. The van der Waals surface area contributed by atoms with Crippen LogP contribution in [0.25, 0.3) is 22.4 Å². The first-order valence-electron chi connectivity index (χ1n) is 10.3. The molecule has 0 bridgehead atoms. The minimum Gasteiger partial charge on any atom is -0.373 e. The summed E-state index contributed by atoms with van der Waals surface area (Å²) in [6.45, 7) is 4.24. The Kier molecular flexibility index (Phi) is 5.48. The summed E-state index contributed by atoms with van der Waals surface area (Å²) in [4.78, 5) is 27.0. The van der Waals surface area contributed by atoms with Crippen LogP contribution in [0.3, 0.4) is 0 Å². The van der Waals surface area contributed by atoms with Crippen molar-refractivity contribution in [3.05, 3.63) is 70.5 Å². The Bertz CT molecular complexity index is 1300. The van der Waals surface area contributed by atoms with Crippen LogP contribution in [-0.2, 0) is 4.74 Å². The molecule has 32 heavy (non-hydrogen) atoms. The largest absolute Gasteiger partial charge is 0.373 e. The summed E-state index contributed by atoms with van der Waals surface area (Å²) in [5, 5.41) is 0.319. The minimum atomic E-state index is -0.465. The van der Waals surface area contributed by atoms with Crippen LogP contribution in [0.4, 0.5) is 4.39 Å². The molecule has 0 saturated carbocycles. The van der Waals surface area contributed by atoms with Gasteiger partial charge in [-0.2, -0.15) is 0 Å². The fourth-order valence-corrected chi connectivity index (χ4v) is 4.05. The first-order valence-corrected chi connectivity index (χ1v) is 10.7. The summed E-state index contributed by atoms with van der Waals surface area (Å²) in [5.74, 6) is 0.856. The van der Waals surface area contributed by atoms with E-state index in [0.29, 0.717) is 52.1 Å². The maximum absolute atomic E-state index is 14.8. The molecular weight excluding hydrogens is 431 g/mol. The molecule has 0 amide bonds. The fourth-order valence-electron chi connectivity index (χ4n) is 3.89. The maximum atomic E-state index is 14.8. The Morgan fingerprint density at radius 3 is 2.62 bits per heavy atom. The van der Waals surface area contributed by atoms with Gasteiger partial charge in [-0.25, -0.2) is 34.3 Å². The van der Waals surface area contributed by atoms with Crippen LogP contribution in [0.2, 0.25) is 5.02 Å². The van der Waals surface area contributed by atoms with Gasteiger partial charge in [0.05, 0.1) is 11.8 Å². The Hall–Kier alpha value is -3.10. The van der Waals surface area contributed by atoms with Gasteiger partial charge in [-0.3, -0.25) is 0 Å². The van der Waals surface area contributed by atoms with Crippen LogP contribution in [0.5, 0.6) is 0 Å². The van der Waals surface area contributed by atoms with Crippen molar-refractivity contribution in [1.82, 2.24) is 29.9 Å². The van der Waals surface area contributed by atoms with Crippen LogP contribution in [0, 0.1) is 19.7 Å². The average Bonchev–Trinajstić information content (AvgIpc) is 2.79. The van der Waals surface area contributed by atoms with Crippen LogP contribution in [0.15, 0.2) is 36.8 Å². The zero-order chi connectivity index (χ0) is 22.2. The molecule has 5 rings (SSSR count). The van der Waals surface area contributed by atoms with Crippen molar-refractivity contribution < 1.29 is 9.13 Å². The predicted octanol–water partition coefficient (Wildman–Crippen LogP) is 4.92. The quantitative estimate of drug-likeness (QED) is 0.437. The Morgan fingerprint density at radius 1 is 1.03 bits per heavy atom. The highest BCUT2D eigenvalue weighted by Gasteiger charge is 2.29. The van der Waals surface area contributed by atoms with E-state index in [4.69, 9.17) is 26.3 Å². The van der Waals surface area contributed by atoms with Gasteiger partial charge in [-0.05, 0) is 44.9 Å². The number of hydrogen-bond acceptors (Lipinski definition) is 7. The molecule has 0 spiro atoms. The summed E-state index contributed by atoms with van der Waals surface area (Å²) < 4.78 is 20.8.